The molecule has 0 aliphatic carbocycles. The van der Waals surface area contributed by atoms with E-state index in [1.54, 1.807) is 56.6 Å². The van der Waals surface area contributed by atoms with E-state index in [0.29, 0.717) is 16.4 Å². The summed E-state index contributed by atoms with van der Waals surface area (Å²) in [5.41, 5.74) is 0.639. The lowest BCUT2D eigenvalue weighted by atomic mass is 9.95. The van der Waals surface area contributed by atoms with Gasteiger partial charge in [0.25, 0.3) is 5.91 Å². The monoisotopic (exact) mass is 435 g/mol. The minimum absolute atomic E-state index is 0.0297. The van der Waals surface area contributed by atoms with Crippen LogP contribution in [0.25, 0.3) is 21.8 Å². The van der Waals surface area contributed by atoms with Crippen molar-refractivity contribution in [2.24, 2.45) is 0 Å². The number of nitrogens with zero attached hydrogens (tertiary/aromatic N) is 1. The summed E-state index contributed by atoms with van der Waals surface area (Å²) in [6, 6.07) is 13.3. The summed E-state index contributed by atoms with van der Waals surface area (Å²) in [5.74, 6) is -0.565. The lowest BCUT2D eigenvalue weighted by Gasteiger charge is -2.27. The lowest BCUT2D eigenvalue weighted by Crippen LogP contribution is -2.41. The fourth-order valence-corrected chi connectivity index (χ4v) is 4.47. The van der Waals surface area contributed by atoms with Crippen molar-refractivity contribution in [1.82, 2.24) is 15.3 Å². The Morgan fingerprint density at radius 2 is 1.77 bits per heavy atom. The van der Waals surface area contributed by atoms with E-state index in [-0.39, 0.29) is 21.3 Å². The largest absolute Gasteiger partial charge is 0.354 e. The van der Waals surface area contributed by atoms with Crippen LogP contribution in [0.4, 0.5) is 0 Å². The Morgan fingerprint density at radius 1 is 1.03 bits per heavy atom. The second kappa shape index (κ2) is 7.31. The molecule has 0 aliphatic rings. The Morgan fingerprint density at radius 3 is 2.45 bits per heavy atom. The first kappa shape index (κ1) is 20.7. The number of rotatable bonds is 4. The molecule has 0 bridgehead atoms. The number of para-hydroxylation sites is 1. The molecular weight excluding hydrogens is 414 g/mol. The highest BCUT2D eigenvalue weighted by Crippen LogP contribution is 2.25. The number of pyridine rings is 2. The summed E-state index contributed by atoms with van der Waals surface area (Å²) in [6.45, 7) is 3.61. The standard InChI is InChI=1S/C23H21N3O4S/c1-23(2,14-7-6-10-24-13-14)26-22(28)17-11-19-16(12-20(17)31(3,29)30)21(27)15-8-4-5-9-18(15)25-19/h4-13H,1-3H3,(H,25,27)(H,26,28). The van der Waals surface area contributed by atoms with Gasteiger partial charge in [0.15, 0.2) is 15.3 Å². The molecule has 4 rings (SSSR count). The normalized spacial score (nSPS) is 12.2. The third-order valence-electron chi connectivity index (χ3n) is 5.26. The van der Waals surface area contributed by atoms with Gasteiger partial charge in [-0.2, -0.15) is 0 Å². The Hall–Kier alpha value is -3.52. The third kappa shape index (κ3) is 3.82. The Kier molecular flexibility index (Phi) is 4.89. The molecule has 1 amide bonds. The number of nitrogens with one attached hydrogen (secondary N) is 2. The Balaban J connectivity index is 1.91. The molecule has 2 aromatic heterocycles. The number of fused-ring (bicyclic) bond motifs is 2. The molecule has 2 aromatic carbocycles. The number of aromatic amines is 1. The number of aromatic nitrogens is 2. The summed E-state index contributed by atoms with van der Waals surface area (Å²) in [4.78, 5) is 33.2. The third-order valence-corrected chi connectivity index (χ3v) is 6.40. The van der Waals surface area contributed by atoms with Crippen LogP contribution in [0.3, 0.4) is 0 Å². The van der Waals surface area contributed by atoms with Gasteiger partial charge >= 0.3 is 0 Å². The number of H-pyrrole nitrogens is 1. The van der Waals surface area contributed by atoms with Crippen molar-refractivity contribution in [2.45, 2.75) is 24.3 Å². The van der Waals surface area contributed by atoms with E-state index in [4.69, 9.17) is 0 Å². The van der Waals surface area contributed by atoms with Crippen LogP contribution in [0.2, 0.25) is 0 Å². The number of carbonyl (C=O) groups excluding carboxylic acids is 1. The van der Waals surface area contributed by atoms with Gasteiger partial charge in [0.1, 0.15) is 0 Å². The van der Waals surface area contributed by atoms with Gasteiger partial charge in [0.05, 0.1) is 21.5 Å². The van der Waals surface area contributed by atoms with E-state index < -0.39 is 21.3 Å². The fraction of sp³-hybridized carbons (Fsp3) is 0.174. The zero-order valence-electron chi connectivity index (χ0n) is 17.3. The Labute approximate surface area is 179 Å². The number of hydrogen-bond donors (Lipinski definition) is 2. The zero-order valence-corrected chi connectivity index (χ0v) is 18.1. The van der Waals surface area contributed by atoms with Crippen LogP contribution in [0.5, 0.6) is 0 Å². The molecule has 158 valence electrons. The van der Waals surface area contributed by atoms with E-state index in [9.17, 15) is 18.0 Å². The van der Waals surface area contributed by atoms with Crippen LogP contribution in [0.15, 0.2) is 70.6 Å². The number of benzene rings is 2. The van der Waals surface area contributed by atoms with Crippen molar-refractivity contribution in [1.29, 1.82) is 0 Å². The molecule has 0 aliphatic heterocycles. The van der Waals surface area contributed by atoms with Crippen LogP contribution in [0, 0.1) is 0 Å². The van der Waals surface area contributed by atoms with Crippen molar-refractivity contribution in [3.8, 4) is 0 Å². The van der Waals surface area contributed by atoms with E-state index >= 15 is 0 Å². The predicted molar refractivity (Wildman–Crippen MR) is 120 cm³/mol. The topological polar surface area (TPSA) is 109 Å². The van der Waals surface area contributed by atoms with E-state index in [1.165, 1.54) is 12.1 Å². The molecule has 0 fully saturated rings. The smallest absolute Gasteiger partial charge is 0.253 e. The maximum absolute atomic E-state index is 13.2. The zero-order chi connectivity index (χ0) is 22.4. The molecule has 2 heterocycles. The Bertz CT molecular complexity index is 1490. The molecule has 0 spiro atoms. The van der Waals surface area contributed by atoms with Crippen molar-refractivity contribution in [2.75, 3.05) is 6.26 Å². The fourth-order valence-electron chi connectivity index (χ4n) is 3.59. The van der Waals surface area contributed by atoms with Crippen LogP contribution in [-0.2, 0) is 15.4 Å². The molecule has 0 atom stereocenters. The van der Waals surface area contributed by atoms with Gasteiger partial charge in [-0.15, -0.1) is 0 Å². The first-order valence-electron chi connectivity index (χ1n) is 9.60. The maximum atomic E-state index is 13.2. The van der Waals surface area contributed by atoms with Gasteiger partial charge in [0, 0.05) is 34.9 Å². The van der Waals surface area contributed by atoms with Crippen molar-refractivity contribution < 1.29 is 13.2 Å². The number of carbonyl (C=O) groups is 1. The summed E-state index contributed by atoms with van der Waals surface area (Å²) in [7, 11) is -3.79. The second-order valence-corrected chi connectivity index (χ2v) is 9.97. The van der Waals surface area contributed by atoms with E-state index in [1.807, 2.05) is 6.07 Å². The first-order chi connectivity index (χ1) is 14.6. The molecule has 7 nitrogen and oxygen atoms in total. The van der Waals surface area contributed by atoms with Crippen LogP contribution in [-0.4, -0.2) is 30.5 Å². The van der Waals surface area contributed by atoms with Gasteiger partial charge in [-0.1, -0.05) is 18.2 Å². The summed E-state index contributed by atoms with van der Waals surface area (Å²) < 4.78 is 25.0. The van der Waals surface area contributed by atoms with E-state index in [2.05, 4.69) is 15.3 Å². The van der Waals surface area contributed by atoms with Gasteiger partial charge in [0.2, 0.25) is 0 Å². The van der Waals surface area contributed by atoms with Crippen molar-refractivity contribution in [3.63, 3.8) is 0 Å². The highest BCUT2D eigenvalue weighted by atomic mass is 32.2. The number of hydrogen-bond acceptors (Lipinski definition) is 5. The van der Waals surface area contributed by atoms with Crippen molar-refractivity contribution in [3.05, 3.63) is 82.3 Å². The van der Waals surface area contributed by atoms with Gasteiger partial charge < -0.3 is 10.3 Å². The predicted octanol–water partition coefficient (Wildman–Crippen LogP) is 3.14. The molecule has 0 unspecified atom stereocenters. The average Bonchev–Trinajstić information content (AvgIpc) is 2.73. The summed E-state index contributed by atoms with van der Waals surface area (Å²) in [5, 5.41) is 3.54. The van der Waals surface area contributed by atoms with Gasteiger partial charge in [-0.25, -0.2) is 8.42 Å². The second-order valence-electron chi connectivity index (χ2n) is 7.99. The van der Waals surface area contributed by atoms with Crippen molar-refractivity contribution >= 4 is 37.6 Å². The molecule has 0 radical (unpaired) electrons. The molecule has 8 heteroatoms. The molecule has 0 saturated heterocycles. The molecule has 2 N–H and O–H groups in total. The van der Waals surface area contributed by atoms with Crippen LogP contribution in [0.1, 0.15) is 29.8 Å². The minimum Gasteiger partial charge on any atom is -0.354 e. The average molecular weight is 436 g/mol. The van der Waals surface area contributed by atoms with Crippen LogP contribution < -0.4 is 10.7 Å². The quantitative estimate of drug-likeness (QED) is 0.479. The molecular formula is C23H21N3O4S. The minimum atomic E-state index is -3.79. The SMILES string of the molecule is CC(C)(NC(=O)c1cc2[nH]c3ccccc3c(=O)c2cc1S(C)(=O)=O)c1cccnc1. The van der Waals surface area contributed by atoms with Crippen LogP contribution >= 0.6 is 0 Å². The molecule has 4 aromatic rings. The van der Waals surface area contributed by atoms with E-state index in [0.717, 1.165) is 11.8 Å². The number of amides is 1. The number of sulfone groups is 1. The first-order valence-corrected chi connectivity index (χ1v) is 11.5. The summed E-state index contributed by atoms with van der Waals surface area (Å²) in [6.07, 6.45) is 4.29. The lowest BCUT2D eigenvalue weighted by molar-refractivity contribution is 0.0908. The molecule has 0 saturated carbocycles. The van der Waals surface area contributed by atoms with Gasteiger partial charge in [-0.05, 0) is 49.7 Å². The van der Waals surface area contributed by atoms with Gasteiger partial charge in [-0.3, -0.25) is 14.6 Å². The summed E-state index contributed by atoms with van der Waals surface area (Å²) >= 11 is 0. The maximum Gasteiger partial charge on any atom is 0.253 e. The highest BCUT2D eigenvalue weighted by molar-refractivity contribution is 7.90. The highest BCUT2D eigenvalue weighted by Gasteiger charge is 2.27. The molecule has 31 heavy (non-hydrogen) atoms.